The molecule has 0 N–H and O–H groups in total. The van der Waals surface area contributed by atoms with Crippen LogP contribution in [0.4, 0.5) is 0 Å². The largest absolute Gasteiger partial charge is 0.336 e. The number of sulfonamides is 1. The van der Waals surface area contributed by atoms with Crippen LogP contribution in [0.3, 0.4) is 0 Å². The lowest BCUT2D eigenvalue weighted by atomic mass is 10.1. The quantitative estimate of drug-likeness (QED) is 0.569. The predicted octanol–water partition coefficient (Wildman–Crippen LogP) is 3.54. The standard InChI is InChI=1S/C23H25ClN4O3S/c1-3-22-21(16-25-28(22)19-8-4-17(2)5-9-19)23(29)26-12-14-27(15-13-26)32(30,31)20-10-6-18(24)7-11-20/h4-11,16H,3,12-15H2,1-2H3. The number of carbonyl (C=O) groups excluding carboxylic acids is 1. The van der Waals surface area contributed by atoms with Crippen molar-refractivity contribution in [3.8, 4) is 5.69 Å². The molecule has 0 spiro atoms. The Hall–Kier alpha value is -2.68. The van der Waals surface area contributed by atoms with E-state index in [1.54, 1.807) is 27.9 Å². The van der Waals surface area contributed by atoms with Gasteiger partial charge in [-0.05, 0) is 49.7 Å². The van der Waals surface area contributed by atoms with Crippen molar-refractivity contribution in [2.24, 2.45) is 0 Å². The van der Waals surface area contributed by atoms with E-state index < -0.39 is 10.0 Å². The molecular formula is C23H25ClN4O3S. The number of halogens is 1. The molecule has 1 aliphatic rings. The topological polar surface area (TPSA) is 75.5 Å². The first-order valence-electron chi connectivity index (χ1n) is 10.5. The van der Waals surface area contributed by atoms with E-state index in [0.717, 1.165) is 16.9 Å². The second-order valence-corrected chi connectivity index (χ2v) is 10.1. The summed E-state index contributed by atoms with van der Waals surface area (Å²) in [6, 6.07) is 14.1. The van der Waals surface area contributed by atoms with Crippen molar-refractivity contribution in [3.63, 3.8) is 0 Å². The second-order valence-electron chi connectivity index (χ2n) is 7.76. The fraction of sp³-hybridized carbons (Fsp3) is 0.304. The van der Waals surface area contributed by atoms with E-state index in [9.17, 15) is 13.2 Å². The summed E-state index contributed by atoms with van der Waals surface area (Å²) in [5, 5.41) is 4.94. The zero-order valence-electron chi connectivity index (χ0n) is 18.0. The van der Waals surface area contributed by atoms with Crippen LogP contribution in [0.1, 0.15) is 28.5 Å². The number of benzene rings is 2. The average Bonchev–Trinajstić information content (AvgIpc) is 3.23. The van der Waals surface area contributed by atoms with E-state index in [1.165, 1.54) is 16.4 Å². The lowest BCUT2D eigenvalue weighted by molar-refractivity contribution is 0.0696. The Morgan fingerprint density at radius 1 is 1.00 bits per heavy atom. The third-order valence-electron chi connectivity index (χ3n) is 5.69. The highest BCUT2D eigenvalue weighted by molar-refractivity contribution is 7.89. The van der Waals surface area contributed by atoms with Gasteiger partial charge in [0.1, 0.15) is 0 Å². The average molecular weight is 473 g/mol. The van der Waals surface area contributed by atoms with Crippen LogP contribution in [0.25, 0.3) is 5.69 Å². The van der Waals surface area contributed by atoms with Crippen molar-refractivity contribution in [2.75, 3.05) is 26.2 Å². The molecule has 1 aliphatic heterocycles. The highest BCUT2D eigenvalue weighted by Crippen LogP contribution is 2.22. The third-order valence-corrected chi connectivity index (χ3v) is 7.85. The Morgan fingerprint density at radius 3 is 2.22 bits per heavy atom. The molecule has 32 heavy (non-hydrogen) atoms. The maximum absolute atomic E-state index is 13.2. The zero-order valence-corrected chi connectivity index (χ0v) is 19.6. The first-order chi connectivity index (χ1) is 15.3. The molecule has 3 aromatic rings. The van der Waals surface area contributed by atoms with Crippen molar-refractivity contribution in [1.82, 2.24) is 19.0 Å². The van der Waals surface area contributed by atoms with Crippen LogP contribution in [0.2, 0.25) is 5.02 Å². The number of aryl methyl sites for hydroxylation is 1. The fourth-order valence-electron chi connectivity index (χ4n) is 3.86. The van der Waals surface area contributed by atoms with Gasteiger partial charge in [-0.2, -0.15) is 9.40 Å². The van der Waals surface area contributed by atoms with E-state index in [1.807, 2.05) is 38.1 Å². The predicted molar refractivity (Wildman–Crippen MR) is 124 cm³/mol. The second kappa shape index (κ2) is 9.05. The number of carbonyl (C=O) groups is 1. The van der Waals surface area contributed by atoms with Gasteiger partial charge in [-0.15, -0.1) is 0 Å². The molecule has 168 valence electrons. The number of piperazine rings is 1. The first kappa shape index (κ1) is 22.5. The third kappa shape index (κ3) is 4.30. The number of nitrogens with zero attached hydrogens (tertiary/aromatic N) is 4. The summed E-state index contributed by atoms with van der Waals surface area (Å²) >= 11 is 5.87. The molecular weight excluding hydrogens is 448 g/mol. The molecule has 9 heteroatoms. The summed E-state index contributed by atoms with van der Waals surface area (Å²) < 4.78 is 29.0. The summed E-state index contributed by atoms with van der Waals surface area (Å²) in [5.74, 6) is -0.122. The molecule has 0 radical (unpaired) electrons. The minimum Gasteiger partial charge on any atom is -0.336 e. The molecule has 2 heterocycles. The zero-order chi connectivity index (χ0) is 22.9. The number of aromatic nitrogens is 2. The Morgan fingerprint density at radius 2 is 1.62 bits per heavy atom. The van der Waals surface area contributed by atoms with E-state index in [2.05, 4.69) is 5.10 Å². The van der Waals surface area contributed by atoms with Crippen LogP contribution >= 0.6 is 11.6 Å². The molecule has 0 atom stereocenters. The van der Waals surface area contributed by atoms with Crippen molar-refractivity contribution < 1.29 is 13.2 Å². The van der Waals surface area contributed by atoms with Gasteiger partial charge in [0.2, 0.25) is 10.0 Å². The Kier molecular flexibility index (Phi) is 6.37. The molecule has 7 nitrogen and oxygen atoms in total. The van der Waals surface area contributed by atoms with Gasteiger partial charge in [0.05, 0.1) is 28.0 Å². The summed E-state index contributed by atoms with van der Waals surface area (Å²) in [5.41, 5.74) is 3.46. The molecule has 1 saturated heterocycles. The van der Waals surface area contributed by atoms with Crippen molar-refractivity contribution in [2.45, 2.75) is 25.2 Å². The van der Waals surface area contributed by atoms with Gasteiger partial charge in [0.25, 0.3) is 5.91 Å². The summed E-state index contributed by atoms with van der Waals surface area (Å²) in [4.78, 5) is 15.1. The normalized spacial score (nSPS) is 15.2. The molecule has 0 saturated carbocycles. The van der Waals surface area contributed by atoms with Gasteiger partial charge in [-0.1, -0.05) is 36.2 Å². The first-order valence-corrected chi connectivity index (χ1v) is 12.3. The van der Waals surface area contributed by atoms with Crippen LogP contribution in [-0.2, 0) is 16.4 Å². The van der Waals surface area contributed by atoms with E-state index in [0.29, 0.717) is 30.1 Å². The van der Waals surface area contributed by atoms with Crippen molar-refractivity contribution >= 4 is 27.5 Å². The summed E-state index contributed by atoms with van der Waals surface area (Å²) in [7, 11) is -3.62. The highest BCUT2D eigenvalue weighted by atomic mass is 35.5. The van der Waals surface area contributed by atoms with Gasteiger partial charge < -0.3 is 4.90 Å². The SMILES string of the molecule is CCc1c(C(=O)N2CCN(S(=O)(=O)c3ccc(Cl)cc3)CC2)cnn1-c1ccc(C)cc1. The van der Waals surface area contributed by atoms with E-state index in [-0.39, 0.29) is 23.9 Å². The van der Waals surface area contributed by atoms with Gasteiger partial charge in [0, 0.05) is 31.2 Å². The molecule has 1 amide bonds. The molecule has 2 aromatic carbocycles. The van der Waals surface area contributed by atoms with Gasteiger partial charge in [-0.3, -0.25) is 4.79 Å². The number of rotatable bonds is 5. The van der Waals surface area contributed by atoms with Gasteiger partial charge >= 0.3 is 0 Å². The maximum atomic E-state index is 13.2. The Bertz CT molecular complexity index is 1210. The fourth-order valence-corrected chi connectivity index (χ4v) is 5.41. The summed E-state index contributed by atoms with van der Waals surface area (Å²) in [6.07, 6.45) is 2.26. The van der Waals surface area contributed by atoms with E-state index in [4.69, 9.17) is 11.6 Å². The van der Waals surface area contributed by atoms with Crippen LogP contribution in [-0.4, -0.2) is 59.5 Å². The molecule has 1 aromatic heterocycles. The molecule has 1 fully saturated rings. The Labute approximate surface area is 193 Å². The minimum absolute atomic E-state index is 0.122. The van der Waals surface area contributed by atoms with Crippen LogP contribution in [0.5, 0.6) is 0 Å². The Balaban J connectivity index is 1.49. The van der Waals surface area contributed by atoms with Crippen LogP contribution < -0.4 is 0 Å². The lowest BCUT2D eigenvalue weighted by Gasteiger charge is -2.34. The number of hydrogen-bond acceptors (Lipinski definition) is 4. The molecule has 4 rings (SSSR count). The van der Waals surface area contributed by atoms with Gasteiger partial charge in [0.15, 0.2) is 0 Å². The van der Waals surface area contributed by atoms with Crippen LogP contribution in [0, 0.1) is 6.92 Å². The lowest BCUT2D eigenvalue weighted by Crippen LogP contribution is -2.50. The minimum atomic E-state index is -3.62. The highest BCUT2D eigenvalue weighted by Gasteiger charge is 2.31. The molecule has 0 unspecified atom stereocenters. The van der Waals surface area contributed by atoms with E-state index >= 15 is 0 Å². The monoisotopic (exact) mass is 472 g/mol. The molecule has 0 aliphatic carbocycles. The van der Waals surface area contributed by atoms with Gasteiger partial charge in [-0.25, -0.2) is 13.1 Å². The van der Waals surface area contributed by atoms with Crippen LogP contribution in [0.15, 0.2) is 59.6 Å². The molecule has 0 bridgehead atoms. The number of amides is 1. The van der Waals surface area contributed by atoms with Crippen molar-refractivity contribution in [3.05, 3.63) is 76.6 Å². The smallest absolute Gasteiger partial charge is 0.257 e. The number of hydrogen-bond donors (Lipinski definition) is 0. The van der Waals surface area contributed by atoms with Crippen molar-refractivity contribution in [1.29, 1.82) is 0 Å². The maximum Gasteiger partial charge on any atom is 0.257 e. The summed E-state index contributed by atoms with van der Waals surface area (Å²) in [6.45, 7) is 5.15.